The molecule has 0 radical (unpaired) electrons. The number of carbonyl (C=O) groups is 1. The van der Waals surface area contributed by atoms with Crippen LogP contribution in [0.3, 0.4) is 0 Å². The monoisotopic (exact) mass is 323 g/mol. The summed E-state index contributed by atoms with van der Waals surface area (Å²) >= 11 is 1.53. The third kappa shape index (κ3) is 2.33. The predicted octanol–water partition coefficient (Wildman–Crippen LogP) is 3.64. The van der Waals surface area contributed by atoms with Crippen LogP contribution in [0.15, 0.2) is 41.9 Å². The van der Waals surface area contributed by atoms with E-state index in [1.54, 1.807) is 13.3 Å². The minimum atomic E-state index is -0.0752. The Bertz CT molecular complexity index is 906. The number of methoxy groups -OCH3 is 1. The van der Waals surface area contributed by atoms with E-state index in [1.807, 2.05) is 41.8 Å². The third-order valence-corrected chi connectivity index (χ3v) is 4.59. The van der Waals surface area contributed by atoms with Gasteiger partial charge in [-0.05, 0) is 41.8 Å². The van der Waals surface area contributed by atoms with Crippen molar-refractivity contribution in [2.45, 2.75) is 0 Å². The molecule has 3 heterocycles. The van der Waals surface area contributed by atoms with Crippen molar-refractivity contribution in [3.63, 3.8) is 0 Å². The lowest BCUT2D eigenvalue weighted by Gasteiger charge is -2.02. The third-order valence-electron chi connectivity index (χ3n) is 3.76. The first-order chi connectivity index (χ1) is 11.3. The van der Waals surface area contributed by atoms with Gasteiger partial charge in [-0.1, -0.05) is 0 Å². The normalized spacial score (nSPS) is 14.8. The van der Waals surface area contributed by atoms with Crippen molar-refractivity contribution in [2.75, 3.05) is 12.4 Å². The van der Waals surface area contributed by atoms with Gasteiger partial charge >= 0.3 is 0 Å². The zero-order valence-corrected chi connectivity index (χ0v) is 13.1. The van der Waals surface area contributed by atoms with Gasteiger partial charge in [0, 0.05) is 22.9 Å². The van der Waals surface area contributed by atoms with Crippen LogP contribution in [-0.2, 0) is 4.79 Å². The number of ether oxygens (including phenoxy) is 1. The lowest BCUT2D eigenvalue weighted by molar-refractivity contribution is -0.110. The summed E-state index contributed by atoms with van der Waals surface area (Å²) < 4.78 is 5.18. The van der Waals surface area contributed by atoms with E-state index >= 15 is 0 Å². The molecule has 0 spiro atoms. The second kappa shape index (κ2) is 5.40. The number of amides is 1. The number of anilines is 1. The lowest BCUT2D eigenvalue weighted by atomic mass is 10.0. The summed E-state index contributed by atoms with van der Waals surface area (Å²) in [5.41, 5.74) is 4.25. The number of nitrogens with one attached hydrogen (secondary N) is 2. The molecule has 0 unspecified atom stereocenters. The fourth-order valence-electron chi connectivity index (χ4n) is 2.60. The summed E-state index contributed by atoms with van der Waals surface area (Å²) in [4.78, 5) is 12.1. The smallest absolute Gasteiger partial charge is 0.257 e. The van der Waals surface area contributed by atoms with Gasteiger partial charge in [0.1, 0.15) is 10.8 Å². The van der Waals surface area contributed by atoms with Gasteiger partial charge in [-0.2, -0.15) is 5.10 Å². The molecule has 114 valence electrons. The van der Waals surface area contributed by atoms with Gasteiger partial charge in [-0.25, -0.2) is 0 Å². The van der Waals surface area contributed by atoms with E-state index in [0.717, 1.165) is 33.1 Å². The highest BCUT2D eigenvalue weighted by molar-refractivity contribution is 7.15. The lowest BCUT2D eigenvalue weighted by Crippen LogP contribution is -2.03. The van der Waals surface area contributed by atoms with Gasteiger partial charge in [-0.15, -0.1) is 11.3 Å². The minimum Gasteiger partial charge on any atom is -0.497 e. The summed E-state index contributed by atoms with van der Waals surface area (Å²) in [6, 6.07) is 9.63. The number of fused-ring (bicyclic) bond motifs is 1. The Labute approximate surface area is 136 Å². The predicted molar refractivity (Wildman–Crippen MR) is 91.4 cm³/mol. The molecule has 2 N–H and O–H groups in total. The van der Waals surface area contributed by atoms with E-state index in [2.05, 4.69) is 15.5 Å². The Hall–Kier alpha value is -2.86. The molecule has 3 aromatic rings. The Morgan fingerprint density at radius 1 is 1.22 bits per heavy atom. The first kappa shape index (κ1) is 13.8. The molecular weight excluding hydrogens is 310 g/mol. The van der Waals surface area contributed by atoms with Crippen LogP contribution in [-0.4, -0.2) is 23.2 Å². The second-order valence-electron chi connectivity index (χ2n) is 5.09. The molecular formula is C17H13N3O2S. The van der Waals surface area contributed by atoms with E-state index in [9.17, 15) is 4.79 Å². The van der Waals surface area contributed by atoms with Gasteiger partial charge in [-0.3, -0.25) is 9.89 Å². The molecule has 1 aromatic carbocycles. The van der Waals surface area contributed by atoms with Crippen LogP contribution in [0.25, 0.3) is 22.9 Å². The van der Waals surface area contributed by atoms with Gasteiger partial charge < -0.3 is 10.1 Å². The number of aromatic amines is 1. The van der Waals surface area contributed by atoms with Gasteiger partial charge in [0.2, 0.25) is 0 Å². The molecule has 4 rings (SSSR count). The summed E-state index contributed by atoms with van der Waals surface area (Å²) in [6.07, 6.45) is 3.67. The van der Waals surface area contributed by atoms with Crippen LogP contribution in [0, 0.1) is 0 Å². The number of carbonyl (C=O) groups excluding carboxylic acids is 1. The zero-order valence-electron chi connectivity index (χ0n) is 12.3. The number of hydrogen-bond acceptors (Lipinski definition) is 4. The van der Waals surface area contributed by atoms with E-state index in [-0.39, 0.29) is 5.91 Å². The van der Waals surface area contributed by atoms with Crippen LogP contribution < -0.4 is 10.1 Å². The van der Waals surface area contributed by atoms with Crippen molar-refractivity contribution in [2.24, 2.45) is 0 Å². The molecule has 0 bridgehead atoms. The van der Waals surface area contributed by atoms with Crippen molar-refractivity contribution in [1.29, 1.82) is 0 Å². The Kier molecular flexibility index (Phi) is 3.24. The number of nitrogens with zero attached hydrogens (tertiary/aromatic N) is 1. The molecule has 0 fully saturated rings. The minimum absolute atomic E-state index is 0.0752. The van der Waals surface area contributed by atoms with E-state index in [1.165, 1.54) is 11.3 Å². The van der Waals surface area contributed by atoms with E-state index < -0.39 is 0 Å². The number of hydrogen-bond donors (Lipinski definition) is 2. The van der Waals surface area contributed by atoms with Crippen LogP contribution >= 0.6 is 11.3 Å². The molecule has 1 amide bonds. The maximum Gasteiger partial charge on any atom is 0.257 e. The van der Waals surface area contributed by atoms with Crippen LogP contribution in [0.5, 0.6) is 5.75 Å². The average molecular weight is 323 g/mol. The van der Waals surface area contributed by atoms with Crippen molar-refractivity contribution in [3.05, 3.63) is 53.0 Å². The number of aromatic nitrogens is 2. The molecule has 0 saturated heterocycles. The summed E-state index contributed by atoms with van der Waals surface area (Å²) in [7, 11) is 1.64. The van der Waals surface area contributed by atoms with Gasteiger partial charge in [0.15, 0.2) is 0 Å². The first-order valence-corrected chi connectivity index (χ1v) is 7.93. The maximum absolute atomic E-state index is 12.1. The summed E-state index contributed by atoms with van der Waals surface area (Å²) in [5.74, 6) is 0.719. The Morgan fingerprint density at radius 3 is 2.83 bits per heavy atom. The molecule has 2 aromatic heterocycles. The fourth-order valence-corrected chi connectivity index (χ4v) is 3.40. The largest absolute Gasteiger partial charge is 0.497 e. The van der Waals surface area contributed by atoms with Gasteiger partial charge in [0.25, 0.3) is 5.91 Å². The van der Waals surface area contributed by atoms with Gasteiger partial charge in [0.05, 0.1) is 18.4 Å². The highest BCUT2D eigenvalue weighted by Crippen LogP contribution is 2.38. The van der Waals surface area contributed by atoms with Crippen LogP contribution in [0.4, 0.5) is 5.00 Å². The van der Waals surface area contributed by atoms with Crippen LogP contribution in [0.2, 0.25) is 0 Å². The molecule has 0 atom stereocenters. The summed E-state index contributed by atoms with van der Waals surface area (Å²) in [5, 5.41) is 12.9. The Balaban J connectivity index is 1.76. The highest BCUT2D eigenvalue weighted by atomic mass is 32.1. The molecule has 5 nitrogen and oxygen atoms in total. The fraction of sp³-hybridized carbons (Fsp3) is 0.0588. The highest BCUT2D eigenvalue weighted by Gasteiger charge is 2.25. The van der Waals surface area contributed by atoms with E-state index in [4.69, 9.17) is 4.74 Å². The second-order valence-corrected chi connectivity index (χ2v) is 6.01. The topological polar surface area (TPSA) is 67.0 Å². The number of H-pyrrole nitrogens is 1. The number of thiophene rings is 1. The molecule has 0 saturated carbocycles. The standard InChI is InChI=1S/C17H13N3O2S/c1-22-12-4-2-10(3-5-12)15-11(9-18-20-15)8-14-13-6-7-23-17(13)19-16(14)21/h2-9H,1H3,(H,18,20)(H,19,21)/b14-8-. The maximum atomic E-state index is 12.1. The Morgan fingerprint density at radius 2 is 2.04 bits per heavy atom. The van der Waals surface area contributed by atoms with Crippen molar-refractivity contribution >= 4 is 33.9 Å². The number of rotatable bonds is 3. The average Bonchev–Trinajstić information content (AvgIpc) is 3.26. The molecule has 1 aliphatic rings. The number of benzene rings is 1. The van der Waals surface area contributed by atoms with E-state index in [0.29, 0.717) is 5.57 Å². The zero-order chi connectivity index (χ0) is 15.8. The molecule has 6 heteroatoms. The molecule has 23 heavy (non-hydrogen) atoms. The summed E-state index contributed by atoms with van der Waals surface area (Å²) in [6.45, 7) is 0. The quantitative estimate of drug-likeness (QED) is 0.723. The molecule has 0 aliphatic carbocycles. The first-order valence-electron chi connectivity index (χ1n) is 7.05. The van der Waals surface area contributed by atoms with Crippen molar-refractivity contribution in [1.82, 2.24) is 10.2 Å². The van der Waals surface area contributed by atoms with Crippen molar-refractivity contribution < 1.29 is 9.53 Å². The molecule has 1 aliphatic heterocycles. The SMILES string of the molecule is COc1ccc(-c2n[nH]cc2/C=C2\C(=O)Nc3sccc32)cc1. The van der Waals surface area contributed by atoms with Crippen molar-refractivity contribution in [3.8, 4) is 17.0 Å². The van der Waals surface area contributed by atoms with Crippen LogP contribution in [0.1, 0.15) is 11.1 Å².